The molecule has 1 amide bonds. The lowest BCUT2D eigenvalue weighted by Gasteiger charge is -2.32. The quantitative estimate of drug-likeness (QED) is 0.630. The first kappa shape index (κ1) is 21.1. The Kier molecular flexibility index (Phi) is 5.36. The molecule has 0 spiro atoms. The molecule has 3 aromatic rings. The molecule has 0 N–H and O–H groups in total. The van der Waals surface area contributed by atoms with E-state index < -0.39 is 5.60 Å². The van der Waals surface area contributed by atoms with Gasteiger partial charge in [-0.25, -0.2) is 14.2 Å². The van der Waals surface area contributed by atoms with E-state index in [-0.39, 0.29) is 29.8 Å². The number of imidazole rings is 1. The minimum Gasteiger partial charge on any atom is -0.444 e. The van der Waals surface area contributed by atoms with E-state index in [9.17, 15) is 9.59 Å². The molecule has 1 aromatic carbocycles. The summed E-state index contributed by atoms with van der Waals surface area (Å²) < 4.78 is 14.2. The highest BCUT2D eigenvalue weighted by Crippen LogP contribution is 2.28. The van der Waals surface area contributed by atoms with Crippen LogP contribution in [0, 0.1) is 0 Å². The van der Waals surface area contributed by atoms with Gasteiger partial charge in [0.05, 0.1) is 11.0 Å². The van der Waals surface area contributed by atoms with Crippen molar-refractivity contribution in [3.8, 4) is 6.01 Å². The summed E-state index contributed by atoms with van der Waals surface area (Å²) in [5.74, 6) is 0.623. The molecule has 2 aromatic heterocycles. The van der Waals surface area contributed by atoms with Gasteiger partial charge in [0.15, 0.2) is 5.82 Å². The summed E-state index contributed by atoms with van der Waals surface area (Å²) in [5, 5.41) is 4.16. The molecule has 4 rings (SSSR count). The van der Waals surface area contributed by atoms with E-state index in [2.05, 4.69) is 10.1 Å². The number of ether oxygens (including phenoxy) is 1. The van der Waals surface area contributed by atoms with Crippen LogP contribution in [-0.2, 0) is 4.74 Å². The van der Waals surface area contributed by atoms with E-state index in [0.29, 0.717) is 31.8 Å². The van der Waals surface area contributed by atoms with Crippen molar-refractivity contribution in [2.75, 3.05) is 13.1 Å². The Balaban J connectivity index is 1.55. The van der Waals surface area contributed by atoms with Gasteiger partial charge in [-0.2, -0.15) is 4.98 Å². The molecule has 1 saturated heterocycles. The third-order valence-corrected chi connectivity index (χ3v) is 5.43. The second-order valence-electron chi connectivity index (χ2n) is 9.25. The van der Waals surface area contributed by atoms with Crippen molar-refractivity contribution in [2.45, 2.75) is 65.0 Å². The summed E-state index contributed by atoms with van der Waals surface area (Å²) in [6.45, 7) is 10.6. The van der Waals surface area contributed by atoms with Crippen LogP contribution in [0.4, 0.5) is 4.79 Å². The molecule has 0 atom stereocenters. The average molecular weight is 428 g/mol. The Bertz CT molecular complexity index is 1140. The molecule has 31 heavy (non-hydrogen) atoms. The van der Waals surface area contributed by atoms with Gasteiger partial charge >= 0.3 is 17.8 Å². The molecule has 0 aliphatic carbocycles. The maximum Gasteiger partial charge on any atom is 0.410 e. The standard InChI is InChI=1S/C22H29N5O4/c1-14(2)26-16-8-6-7-9-17(16)27(20(26)28)19-23-18(24-31-19)15-10-12-25(13-11-15)21(29)30-22(3,4)5/h6-9,14-15H,10-13H2,1-5H3. The summed E-state index contributed by atoms with van der Waals surface area (Å²) in [7, 11) is 0. The van der Waals surface area contributed by atoms with Crippen molar-refractivity contribution < 1.29 is 14.1 Å². The Morgan fingerprint density at radius 2 is 1.81 bits per heavy atom. The van der Waals surface area contributed by atoms with E-state index >= 15 is 0 Å². The number of aromatic nitrogens is 4. The lowest BCUT2D eigenvalue weighted by molar-refractivity contribution is 0.0203. The molecule has 1 aliphatic heterocycles. The van der Waals surface area contributed by atoms with Gasteiger partial charge in [0, 0.05) is 25.0 Å². The number of amides is 1. The van der Waals surface area contributed by atoms with Crippen LogP contribution >= 0.6 is 0 Å². The zero-order valence-corrected chi connectivity index (χ0v) is 18.7. The fraction of sp³-hybridized carbons (Fsp3) is 0.545. The molecule has 0 bridgehead atoms. The number of piperidine rings is 1. The third-order valence-electron chi connectivity index (χ3n) is 5.43. The number of carbonyl (C=O) groups is 1. The molecule has 0 unspecified atom stereocenters. The number of para-hydroxylation sites is 2. The van der Waals surface area contributed by atoms with Crippen LogP contribution in [0.5, 0.6) is 0 Å². The normalized spacial score (nSPS) is 15.7. The molecule has 9 nitrogen and oxygen atoms in total. The Morgan fingerprint density at radius 1 is 1.16 bits per heavy atom. The monoisotopic (exact) mass is 427 g/mol. The minimum absolute atomic E-state index is 0.00164. The van der Waals surface area contributed by atoms with E-state index in [1.807, 2.05) is 58.9 Å². The fourth-order valence-corrected chi connectivity index (χ4v) is 3.98. The molecule has 3 heterocycles. The highest BCUT2D eigenvalue weighted by molar-refractivity contribution is 5.77. The van der Waals surface area contributed by atoms with Crippen molar-refractivity contribution in [2.24, 2.45) is 0 Å². The fourth-order valence-electron chi connectivity index (χ4n) is 3.98. The Morgan fingerprint density at radius 3 is 2.42 bits per heavy atom. The Labute approximate surface area is 180 Å². The van der Waals surface area contributed by atoms with E-state index in [0.717, 1.165) is 11.0 Å². The number of hydrogen-bond donors (Lipinski definition) is 0. The number of rotatable bonds is 3. The predicted molar refractivity (Wildman–Crippen MR) is 116 cm³/mol. The molecule has 166 valence electrons. The van der Waals surface area contributed by atoms with E-state index in [4.69, 9.17) is 9.26 Å². The number of fused-ring (bicyclic) bond motifs is 1. The lowest BCUT2D eigenvalue weighted by Crippen LogP contribution is -2.41. The van der Waals surface area contributed by atoms with Crippen LogP contribution in [0.3, 0.4) is 0 Å². The van der Waals surface area contributed by atoms with Gasteiger partial charge in [-0.1, -0.05) is 17.3 Å². The van der Waals surface area contributed by atoms with Gasteiger partial charge < -0.3 is 14.2 Å². The van der Waals surface area contributed by atoms with Crippen molar-refractivity contribution in [3.05, 3.63) is 40.6 Å². The zero-order valence-electron chi connectivity index (χ0n) is 18.7. The van der Waals surface area contributed by atoms with Crippen LogP contribution < -0.4 is 5.69 Å². The average Bonchev–Trinajstić information content (AvgIpc) is 3.28. The summed E-state index contributed by atoms with van der Waals surface area (Å²) in [5.41, 5.74) is 0.842. The number of carbonyl (C=O) groups excluding carboxylic acids is 1. The number of hydrogen-bond acceptors (Lipinski definition) is 6. The summed E-state index contributed by atoms with van der Waals surface area (Å²) >= 11 is 0. The lowest BCUT2D eigenvalue weighted by atomic mass is 9.96. The molecule has 1 fully saturated rings. The smallest absolute Gasteiger partial charge is 0.410 e. The van der Waals surface area contributed by atoms with Crippen molar-refractivity contribution >= 4 is 17.1 Å². The Hall–Kier alpha value is -3.10. The highest BCUT2D eigenvalue weighted by Gasteiger charge is 2.30. The van der Waals surface area contributed by atoms with Crippen LogP contribution in [0.15, 0.2) is 33.6 Å². The maximum absolute atomic E-state index is 13.1. The largest absolute Gasteiger partial charge is 0.444 e. The van der Waals surface area contributed by atoms with Crippen molar-refractivity contribution in [1.29, 1.82) is 0 Å². The highest BCUT2D eigenvalue weighted by atomic mass is 16.6. The maximum atomic E-state index is 13.1. The zero-order chi connectivity index (χ0) is 22.3. The first-order chi connectivity index (χ1) is 14.7. The topological polar surface area (TPSA) is 95.4 Å². The molecule has 0 saturated carbocycles. The van der Waals surface area contributed by atoms with Crippen LogP contribution in [0.2, 0.25) is 0 Å². The van der Waals surface area contributed by atoms with Gasteiger partial charge in [0.1, 0.15) is 5.60 Å². The molecular weight excluding hydrogens is 398 g/mol. The van der Waals surface area contributed by atoms with Gasteiger partial charge in [-0.15, -0.1) is 0 Å². The van der Waals surface area contributed by atoms with E-state index in [1.165, 1.54) is 4.57 Å². The van der Waals surface area contributed by atoms with Gasteiger partial charge in [-0.3, -0.25) is 4.57 Å². The van der Waals surface area contributed by atoms with Crippen molar-refractivity contribution in [3.63, 3.8) is 0 Å². The minimum atomic E-state index is -0.515. The first-order valence-corrected chi connectivity index (χ1v) is 10.7. The second-order valence-corrected chi connectivity index (χ2v) is 9.25. The molecule has 9 heteroatoms. The van der Waals surface area contributed by atoms with Gasteiger partial charge in [0.25, 0.3) is 0 Å². The SMILES string of the molecule is CC(C)n1c(=O)n(-c2nc(C3CCN(C(=O)OC(C)(C)C)CC3)no2)c2ccccc21. The number of likely N-dealkylation sites (tertiary alicyclic amines) is 1. The first-order valence-electron chi connectivity index (χ1n) is 10.7. The summed E-state index contributed by atoms with van der Waals surface area (Å²) in [6, 6.07) is 7.74. The van der Waals surface area contributed by atoms with Crippen LogP contribution in [0.1, 0.15) is 65.2 Å². The summed E-state index contributed by atoms with van der Waals surface area (Å²) in [6.07, 6.45) is 1.12. The molecule has 0 radical (unpaired) electrons. The number of nitrogens with zero attached hydrogens (tertiary/aromatic N) is 5. The van der Waals surface area contributed by atoms with Crippen LogP contribution in [0.25, 0.3) is 17.0 Å². The number of benzene rings is 1. The molecular formula is C22H29N5O4. The van der Waals surface area contributed by atoms with Crippen molar-refractivity contribution in [1.82, 2.24) is 24.2 Å². The third kappa shape index (κ3) is 4.08. The van der Waals surface area contributed by atoms with Crippen LogP contribution in [-0.4, -0.2) is 49.0 Å². The van der Waals surface area contributed by atoms with E-state index in [1.54, 1.807) is 9.47 Å². The summed E-state index contributed by atoms with van der Waals surface area (Å²) in [4.78, 5) is 31.6. The van der Waals surface area contributed by atoms with Gasteiger partial charge in [0.2, 0.25) is 0 Å². The molecule has 1 aliphatic rings. The second kappa shape index (κ2) is 7.86. The van der Waals surface area contributed by atoms with Gasteiger partial charge in [-0.05, 0) is 59.6 Å². The predicted octanol–water partition coefficient (Wildman–Crippen LogP) is 3.87.